The second-order valence-electron chi connectivity index (χ2n) is 6.26. The number of rotatable bonds is 3. The highest BCUT2D eigenvalue weighted by Gasteiger charge is 2.32. The number of nitrogen functional groups attached to an aromatic ring is 1. The zero-order valence-corrected chi connectivity index (χ0v) is 11.9. The minimum Gasteiger partial charge on any atom is -0.368 e. The summed E-state index contributed by atoms with van der Waals surface area (Å²) in [7, 11) is 2.03. The standard InChI is InChI=1S/C13H23N5/c1-8(9-6-7-9)18(5)12-16-10(13(2,3)4)15-11(14)17-12/h8-9H,6-7H2,1-5H3,(H2,14,15,16,17). The molecule has 0 bridgehead atoms. The molecule has 5 heteroatoms. The first-order valence-electron chi connectivity index (χ1n) is 6.54. The van der Waals surface area contributed by atoms with Gasteiger partial charge >= 0.3 is 0 Å². The maximum Gasteiger partial charge on any atom is 0.230 e. The average molecular weight is 249 g/mol. The highest BCUT2D eigenvalue weighted by atomic mass is 15.3. The molecule has 0 spiro atoms. The molecule has 2 rings (SSSR count). The summed E-state index contributed by atoms with van der Waals surface area (Å²) in [5.41, 5.74) is 5.68. The van der Waals surface area contributed by atoms with Crippen molar-refractivity contribution in [3.05, 3.63) is 5.82 Å². The predicted molar refractivity (Wildman–Crippen MR) is 73.5 cm³/mol. The summed E-state index contributed by atoms with van der Waals surface area (Å²) in [6.07, 6.45) is 2.61. The molecule has 0 amide bonds. The number of hydrogen-bond acceptors (Lipinski definition) is 5. The summed E-state index contributed by atoms with van der Waals surface area (Å²) >= 11 is 0. The molecule has 18 heavy (non-hydrogen) atoms. The van der Waals surface area contributed by atoms with Crippen LogP contribution in [0.4, 0.5) is 11.9 Å². The summed E-state index contributed by atoms with van der Waals surface area (Å²) in [5, 5.41) is 0. The summed E-state index contributed by atoms with van der Waals surface area (Å²) in [6.45, 7) is 8.45. The molecule has 1 aromatic heterocycles. The largest absolute Gasteiger partial charge is 0.368 e. The van der Waals surface area contributed by atoms with E-state index in [1.807, 2.05) is 7.05 Å². The fraction of sp³-hybridized carbons (Fsp3) is 0.769. The van der Waals surface area contributed by atoms with Crippen molar-refractivity contribution in [1.82, 2.24) is 15.0 Å². The van der Waals surface area contributed by atoms with E-state index in [1.165, 1.54) is 12.8 Å². The van der Waals surface area contributed by atoms with E-state index in [1.54, 1.807) is 0 Å². The van der Waals surface area contributed by atoms with Crippen molar-refractivity contribution < 1.29 is 0 Å². The van der Waals surface area contributed by atoms with E-state index in [4.69, 9.17) is 5.73 Å². The predicted octanol–water partition coefficient (Wildman–Crippen LogP) is 1.99. The third-order valence-electron chi connectivity index (χ3n) is 3.54. The summed E-state index contributed by atoms with van der Waals surface area (Å²) in [6, 6.07) is 0.458. The lowest BCUT2D eigenvalue weighted by Crippen LogP contribution is -2.33. The van der Waals surface area contributed by atoms with Gasteiger partial charge in [-0.25, -0.2) is 0 Å². The molecule has 1 fully saturated rings. The number of nitrogens with two attached hydrogens (primary N) is 1. The van der Waals surface area contributed by atoms with Crippen molar-refractivity contribution in [2.24, 2.45) is 5.92 Å². The Bertz CT molecular complexity index is 433. The normalized spacial score (nSPS) is 17.6. The van der Waals surface area contributed by atoms with E-state index in [-0.39, 0.29) is 5.41 Å². The van der Waals surface area contributed by atoms with Crippen LogP contribution in [0.25, 0.3) is 0 Å². The minimum absolute atomic E-state index is 0.116. The highest BCUT2D eigenvalue weighted by Crippen LogP contribution is 2.35. The lowest BCUT2D eigenvalue weighted by molar-refractivity contribution is 0.535. The van der Waals surface area contributed by atoms with Crippen LogP contribution in [0.5, 0.6) is 0 Å². The van der Waals surface area contributed by atoms with Crippen molar-refractivity contribution in [3.8, 4) is 0 Å². The maximum absolute atomic E-state index is 5.80. The first-order chi connectivity index (χ1) is 8.29. The van der Waals surface area contributed by atoms with Gasteiger partial charge in [0.1, 0.15) is 5.82 Å². The van der Waals surface area contributed by atoms with E-state index in [0.717, 1.165) is 11.7 Å². The Balaban J connectivity index is 2.29. The smallest absolute Gasteiger partial charge is 0.230 e. The van der Waals surface area contributed by atoms with Gasteiger partial charge in [-0.3, -0.25) is 0 Å². The number of hydrogen-bond donors (Lipinski definition) is 1. The molecule has 2 N–H and O–H groups in total. The van der Waals surface area contributed by atoms with Crippen LogP contribution in [0, 0.1) is 5.92 Å². The molecular weight excluding hydrogens is 226 g/mol. The fourth-order valence-corrected chi connectivity index (χ4v) is 1.95. The Morgan fingerprint density at radius 3 is 2.33 bits per heavy atom. The van der Waals surface area contributed by atoms with Crippen LogP contribution < -0.4 is 10.6 Å². The van der Waals surface area contributed by atoms with Crippen molar-refractivity contribution in [2.75, 3.05) is 17.7 Å². The van der Waals surface area contributed by atoms with Crippen LogP contribution in [0.2, 0.25) is 0 Å². The van der Waals surface area contributed by atoms with E-state index >= 15 is 0 Å². The second kappa shape index (κ2) is 4.37. The molecule has 100 valence electrons. The first kappa shape index (κ1) is 13.1. The Labute approximate surface area is 109 Å². The molecule has 0 aromatic carbocycles. The zero-order chi connectivity index (χ0) is 13.5. The van der Waals surface area contributed by atoms with Crippen molar-refractivity contribution >= 4 is 11.9 Å². The van der Waals surface area contributed by atoms with Gasteiger partial charge in [-0.1, -0.05) is 20.8 Å². The van der Waals surface area contributed by atoms with Gasteiger partial charge in [0, 0.05) is 18.5 Å². The van der Waals surface area contributed by atoms with Crippen LogP contribution >= 0.6 is 0 Å². The van der Waals surface area contributed by atoms with Crippen LogP contribution in [0.1, 0.15) is 46.4 Å². The molecule has 1 atom stereocenters. The van der Waals surface area contributed by atoms with Crippen molar-refractivity contribution in [1.29, 1.82) is 0 Å². The van der Waals surface area contributed by atoms with Crippen molar-refractivity contribution in [2.45, 2.75) is 52.0 Å². The van der Waals surface area contributed by atoms with E-state index in [9.17, 15) is 0 Å². The Kier molecular flexibility index (Phi) is 3.17. The maximum atomic E-state index is 5.80. The lowest BCUT2D eigenvalue weighted by Gasteiger charge is -2.26. The average Bonchev–Trinajstić information content (AvgIpc) is 3.08. The SMILES string of the molecule is CC(C1CC1)N(C)c1nc(N)nc(C(C)(C)C)n1. The Morgan fingerprint density at radius 1 is 1.22 bits per heavy atom. The molecular formula is C13H23N5. The molecule has 5 nitrogen and oxygen atoms in total. The van der Waals surface area contributed by atoms with Crippen LogP contribution in [-0.2, 0) is 5.41 Å². The monoisotopic (exact) mass is 249 g/mol. The molecule has 0 saturated heterocycles. The molecule has 1 saturated carbocycles. The van der Waals surface area contributed by atoms with Crippen LogP contribution in [0.15, 0.2) is 0 Å². The summed E-state index contributed by atoms with van der Waals surface area (Å²) in [5.74, 6) is 2.51. The quantitative estimate of drug-likeness (QED) is 0.887. The van der Waals surface area contributed by atoms with E-state index in [0.29, 0.717) is 17.9 Å². The minimum atomic E-state index is -0.116. The van der Waals surface area contributed by atoms with E-state index in [2.05, 4.69) is 47.5 Å². The van der Waals surface area contributed by atoms with Gasteiger partial charge in [0.15, 0.2) is 0 Å². The van der Waals surface area contributed by atoms with Crippen molar-refractivity contribution in [3.63, 3.8) is 0 Å². The van der Waals surface area contributed by atoms with Gasteiger partial charge in [0.2, 0.25) is 11.9 Å². The van der Waals surface area contributed by atoms with Gasteiger partial charge in [-0.15, -0.1) is 0 Å². The number of aromatic nitrogens is 3. The number of anilines is 2. The molecule has 0 radical (unpaired) electrons. The molecule has 0 aliphatic heterocycles. The van der Waals surface area contributed by atoms with Gasteiger partial charge in [0.25, 0.3) is 0 Å². The third-order valence-corrected chi connectivity index (χ3v) is 3.54. The fourth-order valence-electron chi connectivity index (χ4n) is 1.95. The van der Waals surface area contributed by atoms with Gasteiger partial charge in [-0.2, -0.15) is 15.0 Å². The van der Waals surface area contributed by atoms with Gasteiger partial charge in [0.05, 0.1) is 0 Å². The Morgan fingerprint density at radius 2 is 1.83 bits per heavy atom. The molecule has 1 aliphatic rings. The molecule has 1 heterocycles. The second-order valence-corrected chi connectivity index (χ2v) is 6.26. The number of nitrogens with zero attached hydrogens (tertiary/aromatic N) is 4. The highest BCUT2D eigenvalue weighted by molar-refractivity contribution is 5.36. The third kappa shape index (κ3) is 2.71. The summed E-state index contributed by atoms with van der Waals surface area (Å²) in [4.78, 5) is 15.2. The molecule has 1 unspecified atom stereocenters. The van der Waals surface area contributed by atoms with Crippen LogP contribution in [-0.4, -0.2) is 28.0 Å². The Hall–Kier alpha value is -1.39. The van der Waals surface area contributed by atoms with Gasteiger partial charge in [-0.05, 0) is 25.7 Å². The lowest BCUT2D eigenvalue weighted by atomic mass is 9.96. The molecule has 1 aromatic rings. The topological polar surface area (TPSA) is 67.9 Å². The summed E-state index contributed by atoms with van der Waals surface area (Å²) < 4.78 is 0. The molecule has 1 aliphatic carbocycles. The van der Waals surface area contributed by atoms with Crippen LogP contribution in [0.3, 0.4) is 0 Å². The first-order valence-corrected chi connectivity index (χ1v) is 6.54. The van der Waals surface area contributed by atoms with E-state index < -0.39 is 0 Å². The van der Waals surface area contributed by atoms with Gasteiger partial charge < -0.3 is 10.6 Å². The zero-order valence-electron chi connectivity index (χ0n) is 11.9.